The van der Waals surface area contributed by atoms with Gasteiger partial charge in [-0.25, -0.2) is 0 Å². The van der Waals surface area contributed by atoms with Crippen LogP contribution in [0, 0.1) is 0 Å². The maximum atomic E-state index is 10.9. The molecule has 1 heterocycles. The number of ether oxygens (including phenoxy) is 1. The van der Waals surface area contributed by atoms with E-state index in [4.69, 9.17) is 11.2 Å². The largest absolute Gasteiger partial charge is 1.00 e. The summed E-state index contributed by atoms with van der Waals surface area (Å²) in [5.41, 5.74) is 0. The number of aldehydes is 1. The summed E-state index contributed by atoms with van der Waals surface area (Å²) >= 11 is 0. The minimum atomic E-state index is -2.91. The van der Waals surface area contributed by atoms with Crippen molar-refractivity contribution in [3.63, 3.8) is 0 Å². The van der Waals surface area contributed by atoms with Crippen LogP contribution in [0.1, 0.15) is 7.79 Å². The van der Waals surface area contributed by atoms with Gasteiger partial charge in [0.1, 0.15) is 31.9 Å². The Bertz CT molecular complexity index is 428. The first-order chi connectivity index (χ1) is 10.1. The number of hydrogen-bond acceptors (Lipinski definition) is 10. The predicted octanol–water partition coefficient (Wildman–Crippen LogP) is -8.55. The fourth-order valence-electron chi connectivity index (χ4n) is 2.13. The minimum Gasteiger partial charge on any atom is -0.544 e. The zero-order valence-electron chi connectivity index (χ0n) is 12.9. The fraction of sp³-hybridized carbons (Fsp3) is 0.818. The van der Waals surface area contributed by atoms with Crippen molar-refractivity contribution in [1.29, 1.82) is 0 Å². The Hall–Kier alpha value is -0.140. The molecule has 11 heteroatoms. The number of carboxylic acids is 1. The van der Waals surface area contributed by atoms with E-state index in [1.807, 2.05) is 0 Å². The van der Waals surface area contributed by atoms with Crippen molar-refractivity contribution in [2.24, 2.45) is 0 Å². The maximum Gasteiger partial charge on any atom is 1.00 e. The van der Waals surface area contributed by atoms with Crippen molar-refractivity contribution in [2.75, 3.05) is 13.2 Å². The zero-order chi connectivity index (χ0) is 17.1. The molecule has 0 saturated carbocycles. The number of nitrogens with one attached hydrogen (secondary N) is 1. The van der Waals surface area contributed by atoms with Crippen LogP contribution < -0.4 is 40.0 Å². The molecule has 0 aromatic heterocycles. The summed E-state index contributed by atoms with van der Waals surface area (Å²) < 4.78 is 11.6. The van der Waals surface area contributed by atoms with Gasteiger partial charge in [-0.1, -0.05) is 0 Å². The maximum absolute atomic E-state index is 10.9. The van der Waals surface area contributed by atoms with E-state index in [0.29, 0.717) is 0 Å². The van der Waals surface area contributed by atoms with Crippen LogP contribution in [-0.2, 0) is 14.3 Å². The first-order valence-corrected chi connectivity index (χ1v) is 6.12. The number of hydrogen-bond donors (Lipinski definition) is 6. The Morgan fingerprint density at radius 1 is 1.59 bits per heavy atom. The number of aliphatic carboxylic acids is 1. The van der Waals surface area contributed by atoms with Crippen LogP contribution in [-0.4, -0.2) is 87.2 Å². The molecule has 1 fully saturated rings. The van der Waals surface area contributed by atoms with Gasteiger partial charge in [0.2, 0.25) is 5.79 Å². The summed E-state index contributed by atoms with van der Waals surface area (Å²) in [5.74, 6) is -4.97. The van der Waals surface area contributed by atoms with Gasteiger partial charge in [0.25, 0.3) is 0 Å². The average Bonchev–Trinajstić information content (AvgIpc) is 2.43. The van der Waals surface area contributed by atoms with Crippen molar-refractivity contribution >= 4 is 12.2 Å². The van der Waals surface area contributed by atoms with Crippen molar-refractivity contribution in [3.05, 3.63) is 0 Å². The Kier molecular flexibility index (Phi) is 8.35. The van der Waals surface area contributed by atoms with Crippen LogP contribution in [0.15, 0.2) is 0 Å². The number of rotatable bonds is 7. The van der Waals surface area contributed by atoms with Gasteiger partial charge in [-0.3, -0.25) is 0 Å². The summed E-state index contributed by atoms with van der Waals surface area (Å²) in [5, 5.41) is 61.1. The summed E-state index contributed by atoms with van der Waals surface area (Å²) in [7, 11) is 0. The summed E-state index contributed by atoms with van der Waals surface area (Å²) in [6, 6.07) is -1.27. The SMILES string of the molecule is [2H]C(=O)CN[C@H]1[C@H]([C@H](O)[C@H](O)CO)OC(O)(C(=O)[O-])C[C@@H]1O.[Na+]. The topological polar surface area (TPSA) is 180 Å². The molecule has 10 nitrogen and oxygen atoms in total. The van der Waals surface area contributed by atoms with Gasteiger partial charge in [0.15, 0.2) is 0 Å². The van der Waals surface area contributed by atoms with E-state index < -0.39 is 68.0 Å². The summed E-state index contributed by atoms with van der Waals surface area (Å²) in [6.45, 7) is -1.45. The molecular formula is C11H18NNaO9. The molecule has 1 rings (SSSR count). The molecule has 0 aliphatic carbocycles. The monoisotopic (exact) mass is 332 g/mol. The molecular weight excluding hydrogens is 313 g/mol. The van der Waals surface area contributed by atoms with Crippen LogP contribution >= 0.6 is 0 Å². The summed E-state index contributed by atoms with van der Waals surface area (Å²) in [4.78, 5) is 21.6. The van der Waals surface area contributed by atoms with Gasteiger partial charge >= 0.3 is 29.6 Å². The number of carbonyl (C=O) groups is 2. The van der Waals surface area contributed by atoms with Crippen molar-refractivity contribution in [1.82, 2.24) is 5.32 Å². The van der Waals surface area contributed by atoms with Crippen LogP contribution in [0.2, 0.25) is 0 Å². The second-order valence-electron chi connectivity index (χ2n) is 4.72. The van der Waals surface area contributed by atoms with Crippen LogP contribution in [0.3, 0.4) is 0 Å². The van der Waals surface area contributed by atoms with Gasteiger partial charge in [-0.15, -0.1) is 0 Å². The molecule has 22 heavy (non-hydrogen) atoms. The smallest absolute Gasteiger partial charge is 0.544 e. The van der Waals surface area contributed by atoms with Crippen LogP contribution in [0.4, 0.5) is 0 Å². The van der Waals surface area contributed by atoms with Crippen LogP contribution in [0.5, 0.6) is 0 Å². The first kappa shape index (κ1) is 19.9. The minimum absolute atomic E-state index is 0. The molecule has 0 bridgehead atoms. The standard InChI is InChI=1S/C11H19NO9.Na/c13-2-1-12-7-5(15)3-11(20,10(18)19)21-9(7)8(17)6(16)4-14;/h2,5-9,12,14-17,20H,1,3-4H2,(H,18,19);/q;+1/p-1/t5-,6+,7+,8+,9+,11?;/m0./s1/i2D;. The van der Waals surface area contributed by atoms with Crippen molar-refractivity contribution in [2.45, 2.75) is 42.7 Å². The summed E-state index contributed by atoms with van der Waals surface area (Å²) in [6.07, 6.45) is -8.79. The Morgan fingerprint density at radius 2 is 2.18 bits per heavy atom. The van der Waals surface area contributed by atoms with E-state index in [0.717, 1.165) is 0 Å². The van der Waals surface area contributed by atoms with Crippen molar-refractivity contribution in [3.8, 4) is 0 Å². The molecule has 6 N–H and O–H groups in total. The molecule has 0 aromatic rings. The van der Waals surface area contributed by atoms with E-state index in [1.165, 1.54) is 0 Å². The third-order valence-electron chi connectivity index (χ3n) is 3.23. The molecule has 0 amide bonds. The van der Waals surface area contributed by atoms with Gasteiger partial charge in [-0.05, 0) is 0 Å². The average molecular weight is 332 g/mol. The van der Waals surface area contributed by atoms with E-state index in [-0.39, 0.29) is 29.6 Å². The van der Waals surface area contributed by atoms with Gasteiger partial charge in [0, 0.05) is 6.42 Å². The van der Waals surface area contributed by atoms with Gasteiger partial charge in [-0.2, -0.15) is 0 Å². The Balaban J connectivity index is 0.00000484. The number of aliphatic hydroxyl groups is 5. The third-order valence-corrected chi connectivity index (χ3v) is 3.23. The van der Waals surface area contributed by atoms with E-state index in [1.54, 1.807) is 0 Å². The van der Waals surface area contributed by atoms with E-state index in [2.05, 4.69) is 5.32 Å². The molecule has 0 spiro atoms. The molecule has 122 valence electrons. The van der Waals surface area contributed by atoms with Gasteiger partial charge in [0.05, 0.1) is 25.3 Å². The quantitative estimate of drug-likeness (QED) is 0.193. The van der Waals surface area contributed by atoms with Crippen molar-refractivity contribution < 1.29 is 75.9 Å². The second-order valence-corrected chi connectivity index (χ2v) is 4.72. The Labute approximate surface area is 149 Å². The second kappa shape index (κ2) is 9.23. The number of carbonyl (C=O) groups excluding carboxylic acids is 2. The van der Waals surface area contributed by atoms with E-state index in [9.17, 15) is 35.1 Å². The number of carboxylic acid groups (broad SMARTS) is 1. The Morgan fingerprint density at radius 3 is 2.64 bits per heavy atom. The molecule has 0 radical (unpaired) electrons. The molecule has 1 aliphatic rings. The third kappa shape index (κ3) is 4.93. The molecule has 1 saturated heterocycles. The fourth-order valence-corrected chi connectivity index (χ4v) is 2.13. The molecule has 6 atom stereocenters. The normalized spacial score (nSPS) is 35.0. The molecule has 1 aliphatic heterocycles. The van der Waals surface area contributed by atoms with E-state index >= 15 is 0 Å². The predicted molar refractivity (Wildman–Crippen MR) is 62.4 cm³/mol. The first-order valence-electron chi connectivity index (χ1n) is 6.62. The molecule has 1 unspecified atom stereocenters. The zero-order valence-corrected chi connectivity index (χ0v) is 13.9. The van der Waals surface area contributed by atoms with Gasteiger partial charge < -0.3 is 50.3 Å². The molecule has 0 aromatic carbocycles. The number of aliphatic hydroxyl groups excluding tert-OH is 4. The van der Waals surface area contributed by atoms with Crippen LogP contribution in [0.25, 0.3) is 0 Å².